The Bertz CT molecular complexity index is 840. The number of anilines is 1. The normalized spacial score (nSPS) is 22.4. The minimum atomic E-state index is -0.454. The molecule has 156 valence electrons. The number of para-hydroxylation sites is 1. The van der Waals surface area contributed by atoms with Gasteiger partial charge in [-0.1, -0.05) is 30.0 Å². The van der Waals surface area contributed by atoms with Gasteiger partial charge in [-0.3, -0.25) is 9.89 Å². The Morgan fingerprint density at radius 3 is 2.66 bits per heavy atom. The van der Waals surface area contributed by atoms with Gasteiger partial charge in [0.2, 0.25) is 0 Å². The Balaban J connectivity index is 1.30. The van der Waals surface area contributed by atoms with Crippen molar-refractivity contribution in [3.8, 4) is 0 Å². The molecular weight excluding hydrogens is 386 g/mol. The summed E-state index contributed by atoms with van der Waals surface area (Å²) < 4.78 is 5.49. The van der Waals surface area contributed by atoms with E-state index in [0.717, 1.165) is 42.6 Å². The molecule has 0 spiro atoms. The summed E-state index contributed by atoms with van der Waals surface area (Å²) in [5, 5.41) is 3.25. The van der Waals surface area contributed by atoms with Crippen LogP contribution in [0.2, 0.25) is 0 Å². The zero-order chi connectivity index (χ0) is 20.6. The van der Waals surface area contributed by atoms with E-state index in [9.17, 15) is 4.79 Å². The van der Waals surface area contributed by atoms with Gasteiger partial charge in [-0.05, 0) is 32.2 Å². The summed E-state index contributed by atoms with van der Waals surface area (Å²) in [7, 11) is 0. The number of amidine groups is 1. The molecule has 1 aromatic carbocycles. The highest BCUT2D eigenvalue weighted by Crippen LogP contribution is 2.38. The SMILES string of the molecule is CC(C)(C)OC(=O)N1CCN(CC2=CSC3=NC(c4ccccc4N)CN23)CC1. The number of ether oxygens (including phenoxy) is 1. The summed E-state index contributed by atoms with van der Waals surface area (Å²) in [5.74, 6) is 0. The van der Waals surface area contributed by atoms with E-state index in [-0.39, 0.29) is 12.1 Å². The van der Waals surface area contributed by atoms with E-state index in [1.54, 1.807) is 16.7 Å². The van der Waals surface area contributed by atoms with E-state index in [4.69, 9.17) is 15.5 Å². The lowest BCUT2D eigenvalue weighted by atomic mass is 10.1. The number of benzene rings is 1. The average Bonchev–Trinajstić information content (AvgIpc) is 3.23. The molecule has 1 amide bonds. The van der Waals surface area contributed by atoms with Crippen LogP contribution in [0.1, 0.15) is 32.4 Å². The maximum Gasteiger partial charge on any atom is 0.410 e. The van der Waals surface area contributed by atoms with Crippen LogP contribution in [0.25, 0.3) is 0 Å². The van der Waals surface area contributed by atoms with E-state index < -0.39 is 5.60 Å². The zero-order valence-electron chi connectivity index (χ0n) is 17.3. The lowest BCUT2D eigenvalue weighted by molar-refractivity contribution is 0.0150. The molecule has 1 aromatic rings. The van der Waals surface area contributed by atoms with Crippen LogP contribution in [0.5, 0.6) is 0 Å². The van der Waals surface area contributed by atoms with Crippen molar-refractivity contribution in [1.82, 2.24) is 14.7 Å². The fraction of sp³-hybridized carbons (Fsp3) is 0.524. The quantitative estimate of drug-likeness (QED) is 0.765. The van der Waals surface area contributed by atoms with E-state index in [2.05, 4.69) is 21.3 Å². The lowest BCUT2D eigenvalue weighted by Gasteiger charge is -2.36. The number of rotatable bonds is 3. The minimum absolute atomic E-state index is 0.0893. The Morgan fingerprint density at radius 2 is 1.97 bits per heavy atom. The van der Waals surface area contributed by atoms with Crippen LogP contribution in [-0.2, 0) is 4.74 Å². The van der Waals surface area contributed by atoms with Crippen molar-refractivity contribution in [2.24, 2.45) is 4.99 Å². The molecule has 2 N–H and O–H groups in total. The van der Waals surface area contributed by atoms with E-state index in [1.165, 1.54) is 5.70 Å². The number of piperazine rings is 1. The number of nitrogens with two attached hydrogens (primary N) is 1. The minimum Gasteiger partial charge on any atom is -0.444 e. The van der Waals surface area contributed by atoms with Gasteiger partial charge in [0.25, 0.3) is 0 Å². The zero-order valence-corrected chi connectivity index (χ0v) is 18.1. The molecule has 0 aliphatic carbocycles. The number of amides is 1. The molecule has 3 aliphatic heterocycles. The van der Waals surface area contributed by atoms with Crippen molar-refractivity contribution < 1.29 is 9.53 Å². The van der Waals surface area contributed by atoms with Gasteiger partial charge >= 0.3 is 6.09 Å². The van der Waals surface area contributed by atoms with Crippen LogP contribution in [-0.4, -0.2) is 70.8 Å². The highest BCUT2D eigenvalue weighted by atomic mass is 32.2. The number of hydrogen-bond acceptors (Lipinski definition) is 7. The highest BCUT2D eigenvalue weighted by Gasteiger charge is 2.34. The van der Waals surface area contributed by atoms with E-state index >= 15 is 0 Å². The largest absolute Gasteiger partial charge is 0.444 e. The molecule has 1 atom stereocenters. The van der Waals surface area contributed by atoms with E-state index in [0.29, 0.717) is 13.1 Å². The van der Waals surface area contributed by atoms with Crippen LogP contribution < -0.4 is 5.73 Å². The molecule has 3 aliphatic rings. The third kappa shape index (κ3) is 4.53. The molecule has 4 rings (SSSR count). The molecule has 0 saturated carbocycles. The number of nitrogens with zero attached hydrogens (tertiary/aromatic N) is 4. The van der Waals surface area contributed by atoms with Gasteiger partial charge in [0.1, 0.15) is 5.60 Å². The van der Waals surface area contributed by atoms with Gasteiger partial charge in [-0.15, -0.1) is 0 Å². The van der Waals surface area contributed by atoms with Gasteiger partial charge in [-0.2, -0.15) is 0 Å². The molecule has 1 saturated heterocycles. The Kier molecular flexibility index (Phi) is 5.48. The van der Waals surface area contributed by atoms with Crippen molar-refractivity contribution in [1.29, 1.82) is 0 Å². The van der Waals surface area contributed by atoms with Crippen LogP contribution in [0.3, 0.4) is 0 Å². The standard InChI is InChI=1S/C21H29N5O2S/c1-21(2,3)28-20(27)25-10-8-24(9-11-25)12-15-14-29-19-23-18(13-26(15)19)16-6-4-5-7-17(16)22/h4-7,14,18H,8-13,22H2,1-3H3. The Hall–Kier alpha value is -2.19. The predicted octanol–water partition coefficient (Wildman–Crippen LogP) is 3.12. The Labute approximate surface area is 176 Å². The summed E-state index contributed by atoms with van der Waals surface area (Å²) in [6, 6.07) is 8.07. The second kappa shape index (κ2) is 7.91. The summed E-state index contributed by atoms with van der Waals surface area (Å²) in [6.45, 7) is 10.5. The first-order valence-electron chi connectivity index (χ1n) is 10.1. The molecule has 7 nitrogen and oxygen atoms in total. The first-order chi connectivity index (χ1) is 13.8. The van der Waals surface area contributed by atoms with Crippen molar-refractivity contribution in [3.63, 3.8) is 0 Å². The Morgan fingerprint density at radius 1 is 1.24 bits per heavy atom. The summed E-state index contributed by atoms with van der Waals surface area (Å²) in [6.07, 6.45) is -0.218. The molecule has 1 unspecified atom stereocenters. The van der Waals surface area contributed by atoms with E-state index in [1.807, 2.05) is 39.0 Å². The second-order valence-electron chi connectivity index (χ2n) is 8.64. The van der Waals surface area contributed by atoms with Crippen molar-refractivity contribution in [3.05, 3.63) is 40.9 Å². The van der Waals surface area contributed by atoms with Crippen LogP contribution >= 0.6 is 11.8 Å². The fourth-order valence-electron chi connectivity index (χ4n) is 3.76. The smallest absolute Gasteiger partial charge is 0.410 e. The predicted molar refractivity (Wildman–Crippen MR) is 118 cm³/mol. The van der Waals surface area contributed by atoms with Gasteiger partial charge in [0.05, 0.1) is 12.6 Å². The van der Waals surface area contributed by atoms with Crippen molar-refractivity contribution >= 4 is 28.7 Å². The molecular formula is C21H29N5O2S. The summed E-state index contributed by atoms with van der Waals surface area (Å²) in [4.78, 5) is 23.6. The highest BCUT2D eigenvalue weighted by molar-refractivity contribution is 8.16. The van der Waals surface area contributed by atoms with Crippen molar-refractivity contribution in [2.75, 3.05) is 45.0 Å². The number of fused-ring (bicyclic) bond motifs is 1. The maximum absolute atomic E-state index is 12.2. The number of carbonyl (C=O) groups is 1. The molecule has 0 bridgehead atoms. The topological polar surface area (TPSA) is 74.4 Å². The molecule has 8 heteroatoms. The maximum atomic E-state index is 12.2. The molecule has 0 aromatic heterocycles. The summed E-state index contributed by atoms with van der Waals surface area (Å²) in [5.41, 5.74) is 8.87. The lowest BCUT2D eigenvalue weighted by Crippen LogP contribution is -2.50. The van der Waals surface area contributed by atoms with Crippen LogP contribution in [0.4, 0.5) is 10.5 Å². The first kappa shape index (κ1) is 20.1. The number of nitrogen functional groups attached to an aromatic ring is 1. The van der Waals surface area contributed by atoms with Crippen LogP contribution in [0.15, 0.2) is 40.4 Å². The number of aliphatic imine (C=N–C) groups is 1. The number of hydrogen-bond donors (Lipinski definition) is 1. The van der Waals surface area contributed by atoms with Gasteiger partial charge < -0.3 is 20.3 Å². The van der Waals surface area contributed by atoms with Gasteiger partial charge in [0.15, 0.2) is 5.17 Å². The third-order valence-corrected chi connectivity index (χ3v) is 6.19. The monoisotopic (exact) mass is 415 g/mol. The third-order valence-electron chi connectivity index (χ3n) is 5.26. The molecule has 29 heavy (non-hydrogen) atoms. The summed E-state index contributed by atoms with van der Waals surface area (Å²) >= 11 is 1.69. The van der Waals surface area contributed by atoms with Crippen LogP contribution in [0, 0.1) is 0 Å². The average molecular weight is 416 g/mol. The van der Waals surface area contributed by atoms with Gasteiger partial charge in [0, 0.05) is 49.7 Å². The molecule has 0 radical (unpaired) electrons. The number of thioether (sulfide) groups is 1. The molecule has 3 heterocycles. The van der Waals surface area contributed by atoms with Gasteiger partial charge in [-0.25, -0.2) is 4.79 Å². The fourth-order valence-corrected chi connectivity index (χ4v) is 4.71. The molecule has 1 fully saturated rings. The van der Waals surface area contributed by atoms with Crippen molar-refractivity contribution in [2.45, 2.75) is 32.4 Å². The first-order valence-corrected chi connectivity index (χ1v) is 10.9. The second-order valence-corrected chi connectivity index (χ2v) is 9.47. The number of carbonyl (C=O) groups excluding carboxylic acids is 1.